The monoisotopic (exact) mass is 258 g/mol. The van der Waals surface area contributed by atoms with Crippen molar-refractivity contribution in [3.63, 3.8) is 0 Å². The highest BCUT2D eigenvalue weighted by atomic mass is 15.3. The lowest BCUT2D eigenvalue weighted by molar-refractivity contribution is 0.195. The molecule has 0 N–H and O–H groups in total. The Morgan fingerprint density at radius 1 is 1.11 bits per heavy atom. The topological polar surface area (TPSA) is 6.48 Å². The van der Waals surface area contributed by atoms with E-state index in [1.165, 1.54) is 50.1 Å². The predicted molar refractivity (Wildman–Crippen MR) is 81.8 cm³/mol. The summed E-state index contributed by atoms with van der Waals surface area (Å²) in [6.45, 7) is 8.36. The average Bonchev–Trinajstić information content (AvgIpc) is 2.93. The van der Waals surface area contributed by atoms with E-state index in [0.29, 0.717) is 6.04 Å². The number of nitrogens with zero attached hydrogens (tertiary/aromatic N) is 2. The molecule has 0 amide bonds. The van der Waals surface area contributed by atoms with E-state index in [-0.39, 0.29) is 0 Å². The Bertz CT molecular complexity index is 412. The van der Waals surface area contributed by atoms with Gasteiger partial charge in [-0.1, -0.05) is 26.0 Å². The predicted octanol–water partition coefficient (Wildman–Crippen LogP) is 3.31. The van der Waals surface area contributed by atoms with Gasteiger partial charge in [-0.3, -0.25) is 4.90 Å². The lowest BCUT2D eigenvalue weighted by Gasteiger charge is -2.45. The van der Waals surface area contributed by atoms with E-state index >= 15 is 0 Å². The van der Waals surface area contributed by atoms with Gasteiger partial charge in [-0.15, -0.1) is 0 Å². The van der Waals surface area contributed by atoms with Gasteiger partial charge in [0.25, 0.3) is 0 Å². The van der Waals surface area contributed by atoms with E-state index in [9.17, 15) is 0 Å². The fraction of sp³-hybridized carbons (Fsp3) is 0.647. The Morgan fingerprint density at radius 3 is 2.58 bits per heavy atom. The summed E-state index contributed by atoms with van der Waals surface area (Å²) in [5, 5.41) is 0. The Kier molecular flexibility index (Phi) is 3.79. The average molecular weight is 258 g/mol. The molecule has 2 aliphatic rings. The molecule has 2 heteroatoms. The molecule has 0 aliphatic carbocycles. The number of anilines is 1. The highest BCUT2D eigenvalue weighted by Gasteiger charge is 2.35. The second kappa shape index (κ2) is 5.54. The summed E-state index contributed by atoms with van der Waals surface area (Å²) in [5.74, 6) is 0. The minimum absolute atomic E-state index is 0.696. The molecule has 2 aliphatic heterocycles. The van der Waals surface area contributed by atoms with Gasteiger partial charge < -0.3 is 4.90 Å². The van der Waals surface area contributed by atoms with Crippen LogP contribution in [0.4, 0.5) is 5.69 Å². The van der Waals surface area contributed by atoms with Crippen molar-refractivity contribution >= 4 is 5.69 Å². The first-order valence-electron chi connectivity index (χ1n) is 7.91. The molecule has 1 aromatic rings. The minimum Gasteiger partial charge on any atom is -0.366 e. The second-order valence-electron chi connectivity index (χ2n) is 6.03. The van der Waals surface area contributed by atoms with Crippen LogP contribution in [0.1, 0.15) is 38.7 Å². The molecule has 19 heavy (non-hydrogen) atoms. The van der Waals surface area contributed by atoms with E-state index in [2.05, 4.69) is 47.9 Å². The molecule has 2 atom stereocenters. The van der Waals surface area contributed by atoms with Crippen molar-refractivity contribution in [3.05, 3.63) is 29.8 Å². The van der Waals surface area contributed by atoms with Crippen LogP contribution in [-0.2, 0) is 6.42 Å². The first kappa shape index (κ1) is 13.0. The number of aryl methyl sites for hydroxylation is 1. The molecular weight excluding hydrogens is 232 g/mol. The van der Waals surface area contributed by atoms with Crippen LogP contribution < -0.4 is 4.90 Å². The summed E-state index contributed by atoms with van der Waals surface area (Å²) in [4.78, 5) is 5.37. The number of hydrogen-bond donors (Lipinski definition) is 0. The third-order valence-corrected chi connectivity index (χ3v) is 4.94. The molecule has 3 rings (SSSR count). The molecule has 0 aromatic heterocycles. The van der Waals surface area contributed by atoms with Gasteiger partial charge in [0.15, 0.2) is 0 Å². The molecule has 0 saturated carbocycles. The van der Waals surface area contributed by atoms with Crippen LogP contribution in [0.25, 0.3) is 0 Å². The van der Waals surface area contributed by atoms with Crippen molar-refractivity contribution in [1.29, 1.82) is 0 Å². The number of hydrogen-bond acceptors (Lipinski definition) is 2. The van der Waals surface area contributed by atoms with Gasteiger partial charge in [0.1, 0.15) is 0 Å². The summed E-state index contributed by atoms with van der Waals surface area (Å²) in [6.07, 6.45) is 5.16. The van der Waals surface area contributed by atoms with Gasteiger partial charge in [0.05, 0.1) is 0 Å². The number of benzene rings is 1. The van der Waals surface area contributed by atoms with E-state index in [4.69, 9.17) is 0 Å². The van der Waals surface area contributed by atoms with Gasteiger partial charge in [0, 0.05) is 30.9 Å². The van der Waals surface area contributed by atoms with Crippen molar-refractivity contribution in [2.24, 2.45) is 0 Å². The van der Waals surface area contributed by atoms with Crippen molar-refractivity contribution in [1.82, 2.24) is 4.90 Å². The molecule has 2 nitrogen and oxygen atoms in total. The van der Waals surface area contributed by atoms with Crippen LogP contribution in [0.15, 0.2) is 24.3 Å². The quantitative estimate of drug-likeness (QED) is 0.820. The lowest BCUT2D eigenvalue weighted by atomic mass is 10.0. The standard InChI is InChI=1S/C17H26N2/c1-3-14-7-9-16(10-8-14)19-13-17-6-5-11-18(17)12-15(19)4-2/h7-10,15,17H,3-6,11-13H2,1-2H3. The summed E-state index contributed by atoms with van der Waals surface area (Å²) >= 11 is 0. The number of fused-ring (bicyclic) bond motifs is 1. The van der Waals surface area contributed by atoms with Gasteiger partial charge in [-0.2, -0.15) is 0 Å². The van der Waals surface area contributed by atoms with Crippen molar-refractivity contribution in [2.75, 3.05) is 24.5 Å². The second-order valence-corrected chi connectivity index (χ2v) is 6.03. The highest BCUT2D eigenvalue weighted by molar-refractivity contribution is 5.49. The van der Waals surface area contributed by atoms with Crippen molar-refractivity contribution in [2.45, 2.75) is 51.6 Å². The highest BCUT2D eigenvalue weighted by Crippen LogP contribution is 2.30. The Morgan fingerprint density at radius 2 is 1.89 bits per heavy atom. The summed E-state index contributed by atoms with van der Waals surface area (Å²) in [6, 6.07) is 10.7. The molecule has 0 bridgehead atoms. The smallest absolute Gasteiger partial charge is 0.0415 e. The van der Waals surface area contributed by atoms with E-state index in [1.807, 2.05) is 0 Å². The molecule has 0 spiro atoms. The van der Waals surface area contributed by atoms with Gasteiger partial charge in [0.2, 0.25) is 0 Å². The summed E-state index contributed by atoms with van der Waals surface area (Å²) in [7, 11) is 0. The fourth-order valence-corrected chi connectivity index (χ4v) is 3.68. The first-order chi connectivity index (χ1) is 9.31. The Hall–Kier alpha value is -1.02. The van der Waals surface area contributed by atoms with Crippen molar-refractivity contribution in [3.8, 4) is 0 Å². The third kappa shape index (κ3) is 2.51. The SMILES string of the molecule is CCc1ccc(N2CC3CCCN3CC2CC)cc1. The zero-order chi connectivity index (χ0) is 13.2. The zero-order valence-electron chi connectivity index (χ0n) is 12.3. The molecule has 2 unspecified atom stereocenters. The fourth-order valence-electron chi connectivity index (χ4n) is 3.68. The van der Waals surface area contributed by atoms with E-state index in [0.717, 1.165) is 12.5 Å². The summed E-state index contributed by atoms with van der Waals surface area (Å²) < 4.78 is 0. The maximum absolute atomic E-state index is 2.71. The van der Waals surface area contributed by atoms with Crippen LogP contribution in [0.2, 0.25) is 0 Å². The van der Waals surface area contributed by atoms with E-state index < -0.39 is 0 Å². The Labute approximate surface area is 117 Å². The van der Waals surface area contributed by atoms with Crippen molar-refractivity contribution < 1.29 is 0 Å². The number of piperazine rings is 1. The van der Waals surface area contributed by atoms with Gasteiger partial charge >= 0.3 is 0 Å². The molecule has 104 valence electrons. The van der Waals surface area contributed by atoms with Crippen LogP contribution in [-0.4, -0.2) is 36.6 Å². The molecule has 1 aromatic carbocycles. The lowest BCUT2D eigenvalue weighted by Crippen LogP contribution is -2.56. The molecule has 2 saturated heterocycles. The summed E-state index contributed by atoms with van der Waals surface area (Å²) in [5.41, 5.74) is 2.87. The third-order valence-electron chi connectivity index (χ3n) is 4.94. The molecular formula is C17H26N2. The van der Waals surface area contributed by atoms with Gasteiger partial charge in [-0.25, -0.2) is 0 Å². The van der Waals surface area contributed by atoms with Crippen LogP contribution in [0, 0.1) is 0 Å². The van der Waals surface area contributed by atoms with Crippen LogP contribution in [0.3, 0.4) is 0 Å². The first-order valence-corrected chi connectivity index (χ1v) is 7.91. The molecule has 2 fully saturated rings. The largest absolute Gasteiger partial charge is 0.366 e. The normalized spacial score (nSPS) is 27.6. The maximum atomic E-state index is 2.71. The van der Waals surface area contributed by atoms with Crippen LogP contribution >= 0.6 is 0 Å². The van der Waals surface area contributed by atoms with Crippen LogP contribution in [0.5, 0.6) is 0 Å². The van der Waals surface area contributed by atoms with E-state index in [1.54, 1.807) is 0 Å². The molecule has 2 heterocycles. The van der Waals surface area contributed by atoms with Gasteiger partial charge in [-0.05, 0) is 49.9 Å². The maximum Gasteiger partial charge on any atom is 0.0415 e. The Balaban J connectivity index is 1.80. The minimum atomic E-state index is 0.696. The molecule has 0 radical (unpaired) electrons. The zero-order valence-corrected chi connectivity index (χ0v) is 12.3. The number of rotatable bonds is 3.